The number of hydrogen-bond acceptors (Lipinski definition) is 4. The summed E-state index contributed by atoms with van der Waals surface area (Å²) in [4.78, 5) is 13.3. The van der Waals surface area contributed by atoms with E-state index >= 15 is 0 Å². The summed E-state index contributed by atoms with van der Waals surface area (Å²) in [6.45, 7) is 1.12. The number of hydrogen-bond donors (Lipinski definition) is 1. The van der Waals surface area contributed by atoms with Crippen LogP contribution in [0.25, 0.3) is 0 Å². The van der Waals surface area contributed by atoms with Crippen LogP contribution in [-0.2, 0) is 9.53 Å². The molecule has 1 saturated heterocycles. The number of carbonyl (C=O) groups is 1. The number of piperidine rings is 1. The van der Waals surface area contributed by atoms with Crippen LogP contribution in [0.2, 0.25) is 0 Å². The minimum Gasteiger partial charge on any atom is -0.469 e. The zero-order chi connectivity index (χ0) is 11.3. The van der Waals surface area contributed by atoms with E-state index in [0.29, 0.717) is 12.5 Å². The van der Waals surface area contributed by atoms with Gasteiger partial charge < -0.3 is 15.4 Å². The highest BCUT2D eigenvalue weighted by Crippen LogP contribution is 2.19. The third-order valence-electron chi connectivity index (χ3n) is 3.23. The Kier molecular flexibility index (Phi) is 5.05. The van der Waals surface area contributed by atoms with E-state index in [0.717, 1.165) is 19.4 Å². The molecule has 0 spiro atoms. The van der Waals surface area contributed by atoms with Crippen LogP contribution < -0.4 is 5.73 Å². The highest BCUT2D eigenvalue weighted by atomic mass is 16.5. The summed E-state index contributed by atoms with van der Waals surface area (Å²) >= 11 is 0. The monoisotopic (exact) mass is 214 g/mol. The molecule has 1 fully saturated rings. The fourth-order valence-electron chi connectivity index (χ4n) is 2.22. The van der Waals surface area contributed by atoms with E-state index in [2.05, 4.69) is 16.7 Å². The molecule has 15 heavy (non-hydrogen) atoms. The molecular weight excluding hydrogens is 192 g/mol. The highest BCUT2D eigenvalue weighted by molar-refractivity contribution is 5.69. The predicted octanol–water partition coefficient (Wildman–Crippen LogP) is 0.751. The fourth-order valence-corrected chi connectivity index (χ4v) is 2.22. The van der Waals surface area contributed by atoms with Gasteiger partial charge in [-0.3, -0.25) is 4.79 Å². The van der Waals surface area contributed by atoms with E-state index in [-0.39, 0.29) is 12.0 Å². The Bertz CT molecular complexity index is 209. The first kappa shape index (κ1) is 12.5. The van der Waals surface area contributed by atoms with Crippen molar-refractivity contribution in [3.05, 3.63) is 0 Å². The third-order valence-corrected chi connectivity index (χ3v) is 3.23. The molecule has 1 aliphatic rings. The molecule has 0 aromatic rings. The summed E-state index contributed by atoms with van der Waals surface area (Å²) < 4.78 is 4.61. The number of nitrogens with zero attached hydrogens (tertiary/aromatic N) is 1. The van der Waals surface area contributed by atoms with Gasteiger partial charge in [0.1, 0.15) is 0 Å². The molecule has 0 aliphatic carbocycles. The maximum atomic E-state index is 11.0. The first-order valence-corrected chi connectivity index (χ1v) is 5.67. The second-order valence-corrected chi connectivity index (χ2v) is 4.32. The molecule has 4 heteroatoms. The van der Waals surface area contributed by atoms with Crippen molar-refractivity contribution in [1.82, 2.24) is 4.90 Å². The van der Waals surface area contributed by atoms with Crippen molar-refractivity contribution >= 4 is 5.97 Å². The largest absolute Gasteiger partial charge is 0.469 e. The molecule has 1 rings (SSSR count). The van der Waals surface area contributed by atoms with Crippen molar-refractivity contribution in [3.63, 3.8) is 0 Å². The molecule has 0 aromatic heterocycles. The van der Waals surface area contributed by atoms with E-state index in [1.807, 2.05) is 0 Å². The molecule has 0 amide bonds. The third kappa shape index (κ3) is 3.80. The number of esters is 1. The summed E-state index contributed by atoms with van der Waals surface area (Å²) in [6, 6.07) is 0.526. The van der Waals surface area contributed by atoms with Gasteiger partial charge in [-0.05, 0) is 32.9 Å². The van der Waals surface area contributed by atoms with Crippen LogP contribution in [0.1, 0.15) is 32.1 Å². The van der Waals surface area contributed by atoms with Gasteiger partial charge in [0.2, 0.25) is 0 Å². The molecule has 2 atom stereocenters. The predicted molar refractivity (Wildman–Crippen MR) is 59.5 cm³/mol. The van der Waals surface area contributed by atoms with E-state index < -0.39 is 0 Å². The molecule has 2 N–H and O–H groups in total. The van der Waals surface area contributed by atoms with Gasteiger partial charge in [-0.2, -0.15) is 0 Å². The van der Waals surface area contributed by atoms with Crippen LogP contribution >= 0.6 is 0 Å². The maximum absolute atomic E-state index is 11.0. The lowest BCUT2D eigenvalue weighted by molar-refractivity contribution is -0.140. The average Bonchev–Trinajstić information content (AvgIpc) is 2.26. The smallest absolute Gasteiger partial charge is 0.305 e. The highest BCUT2D eigenvalue weighted by Gasteiger charge is 2.25. The van der Waals surface area contributed by atoms with Crippen molar-refractivity contribution in [2.24, 2.45) is 5.73 Å². The van der Waals surface area contributed by atoms with Gasteiger partial charge in [0.05, 0.1) is 7.11 Å². The zero-order valence-corrected chi connectivity index (χ0v) is 9.74. The Morgan fingerprint density at radius 2 is 2.33 bits per heavy atom. The van der Waals surface area contributed by atoms with Crippen LogP contribution in [0.15, 0.2) is 0 Å². The van der Waals surface area contributed by atoms with E-state index in [1.165, 1.54) is 20.0 Å². The van der Waals surface area contributed by atoms with Crippen LogP contribution in [0.3, 0.4) is 0 Å². The Hall–Kier alpha value is -0.610. The van der Waals surface area contributed by atoms with Crippen LogP contribution in [0.4, 0.5) is 0 Å². The van der Waals surface area contributed by atoms with Gasteiger partial charge in [0, 0.05) is 18.5 Å². The molecule has 0 aromatic carbocycles. The zero-order valence-electron chi connectivity index (χ0n) is 9.74. The number of methoxy groups -OCH3 is 1. The topological polar surface area (TPSA) is 55.6 Å². The second kappa shape index (κ2) is 6.08. The quantitative estimate of drug-likeness (QED) is 0.702. The van der Waals surface area contributed by atoms with Crippen molar-refractivity contribution in [3.8, 4) is 0 Å². The summed E-state index contributed by atoms with van der Waals surface area (Å²) in [6.07, 6.45) is 4.82. The number of nitrogens with two attached hydrogens (primary N) is 1. The van der Waals surface area contributed by atoms with Crippen LogP contribution in [-0.4, -0.2) is 43.7 Å². The van der Waals surface area contributed by atoms with Gasteiger partial charge in [-0.15, -0.1) is 0 Å². The van der Waals surface area contributed by atoms with Gasteiger partial charge in [0.15, 0.2) is 0 Å². The average molecular weight is 214 g/mol. The Labute approximate surface area is 91.8 Å². The molecular formula is C11H22N2O2. The van der Waals surface area contributed by atoms with E-state index in [1.54, 1.807) is 0 Å². The SMILES string of the molecule is COC(=O)CCC(N)C1CCCCN1C. The Morgan fingerprint density at radius 1 is 1.60 bits per heavy atom. The number of carbonyl (C=O) groups excluding carboxylic acids is 1. The van der Waals surface area contributed by atoms with Crippen molar-refractivity contribution in [2.45, 2.75) is 44.2 Å². The molecule has 0 bridgehead atoms. The van der Waals surface area contributed by atoms with Gasteiger partial charge in [-0.25, -0.2) is 0 Å². The molecule has 88 valence electrons. The lowest BCUT2D eigenvalue weighted by atomic mass is 9.94. The molecule has 1 aliphatic heterocycles. The maximum Gasteiger partial charge on any atom is 0.305 e. The van der Waals surface area contributed by atoms with Gasteiger partial charge in [0.25, 0.3) is 0 Å². The van der Waals surface area contributed by atoms with E-state index in [9.17, 15) is 4.79 Å². The summed E-state index contributed by atoms with van der Waals surface area (Å²) in [5.41, 5.74) is 6.09. The Morgan fingerprint density at radius 3 is 2.93 bits per heavy atom. The summed E-state index contributed by atoms with van der Waals surface area (Å²) in [5, 5.41) is 0. The number of likely N-dealkylation sites (N-methyl/N-ethyl adjacent to an activating group) is 1. The number of rotatable bonds is 4. The molecule has 2 unspecified atom stereocenters. The molecule has 0 saturated carbocycles. The van der Waals surface area contributed by atoms with Crippen molar-refractivity contribution in [1.29, 1.82) is 0 Å². The van der Waals surface area contributed by atoms with Crippen molar-refractivity contribution in [2.75, 3.05) is 20.7 Å². The normalized spacial score (nSPS) is 24.9. The molecule has 1 heterocycles. The number of ether oxygens (including phenoxy) is 1. The molecule has 4 nitrogen and oxygen atoms in total. The van der Waals surface area contributed by atoms with Crippen LogP contribution in [0, 0.1) is 0 Å². The number of likely N-dealkylation sites (tertiary alicyclic amines) is 1. The minimum absolute atomic E-state index is 0.0920. The fraction of sp³-hybridized carbons (Fsp3) is 0.909. The summed E-state index contributed by atoms with van der Waals surface area (Å²) in [5.74, 6) is -0.163. The standard InChI is InChI=1S/C11H22N2O2/c1-13-8-4-3-5-10(13)9(12)6-7-11(14)15-2/h9-10H,3-8,12H2,1-2H3. The van der Waals surface area contributed by atoms with E-state index in [4.69, 9.17) is 5.73 Å². The van der Waals surface area contributed by atoms with Crippen molar-refractivity contribution < 1.29 is 9.53 Å². The van der Waals surface area contributed by atoms with Gasteiger partial charge >= 0.3 is 5.97 Å². The minimum atomic E-state index is -0.163. The second-order valence-electron chi connectivity index (χ2n) is 4.32. The lowest BCUT2D eigenvalue weighted by Crippen LogP contribution is -2.48. The first-order valence-electron chi connectivity index (χ1n) is 5.67. The van der Waals surface area contributed by atoms with Gasteiger partial charge in [-0.1, -0.05) is 6.42 Å². The first-order chi connectivity index (χ1) is 7.15. The summed E-state index contributed by atoms with van der Waals surface area (Å²) in [7, 11) is 3.53. The Balaban J connectivity index is 2.31. The molecule has 0 radical (unpaired) electrons. The lowest BCUT2D eigenvalue weighted by Gasteiger charge is -2.36. The van der Waals surface area contributed by atoms with Crippen LogP contribution in [0.5, 0.6) is 0 Å².